The Balaban J connectivity index is 2.89. The van der Waals surface area contributed by atoms with E-state index in [1.54, 1.807) is 18.2 Å². The molecule has 0 aliphatic carbocycles. The van der Waals surface area contributed by atoms with Crippen LogP contribution in [0.1, 0.15) is 26.7 Å². The molecule has 0 heterocycles. The minimum atomic E-state index is -3.42. The minimum absolute atomic E-state index is 0.0319. The molecule has 0 radical (unpaired) electrons. The Morgan fingerprint density at radius 1 is 1.14 bits per heavy atom. The third-order valence-electron chi connectivity index (χ3n) is 2.62. The Bertz CT molecular complexity index is 534. The number of nitrogens with one attached hydrogen (secondary N) is 1. The van der Waals surface area contributed by atoms with Gasteiger partial charge in [-0.1, -0.05) is 0 Å². The van der Waals surface area contributed by atoms with Crippen molar-refractivity contribution in [2.24, 2.45) is 0 Å². The molecule has 21 heavy (non-hydrogen) atoms. The van der Waals surface area contributed by atoms with Crippen molar-refractivity contribution >= 4 is 27.3 Å². The van der Waals surface area contributed by atoms with Gasteiger partial charge in [-0.25, -0.2) is 8.42 Å². The first-order valence-corrected chi connectivity index (χ1v) is 9.17. The molecule has 7 heteroatoms. The average molecular weight is 336 g/mol. The number of anilines is 1. The molecule has 0 unspecified atom stereocenters. The van der Waals surface area contributed by atoms with Gasteiger partial charge < -0.3 is 9.47 Å². The largest absolute Gasteiger partial charge is 0.494 e. The maximum absolute atomic E-state index is 12.0. The number of alkyl halides is 1. The number of benzene rings is 1. The summed E-state index contributed by atoms with van der Waals surface area (Å²) in [6, 6.07) is 5.08. The molecule has 0 saturated carbocycles. The lowest BCUT2D eigenvalue weighted by molar-refractivity contribution is 0.332. The third-order valence-corrected chi connectivity index (χ3v) is 4.25. The number of rotatable bonds is 10. The van der Waals surface area contributed by atoms with E-state index in [4.69, 9.17) is 21.1 Å². The standard InChI is InChI=1S/C14H22ClNO4S/c1-3-19-12-7-8-14(20-4-2)13(11-12)16-21(17,18)10-6-5-9-15/h7-8,11,16H,3-6,9-10H2,1-2H3. The zero-order valence-electron chi connectivity index (χ0n) is 12.4. The van der Waals surface area contributed by atoms with Crippen molar-refractivity contribution in [3.05, 3.63) is 18.2 Å². The van der Waals surface area contributed by atoms with Crippen molar-refractivity contribution in [2.45, 2.75) is 26.7 Å². The van der Waals surface area contributed by atoms with Crippen molar-refractivity contribution in [3.8, 4) is 11.5 Å². The molecular weight excluding hydrogens is 314 g/mol. The summed E-state index contributed by atoms with van der Waals surface area (Å²) in [5.74, 6) is 1.57. The molecule has 1 aromatic rings. The highest BCUT2D eigenvalue weighted by molar-refractivity contribution is 7.92. The molecule has 0 aliphatic heterocycles. The second-order valence-corrected chi connectivity index (χ2v) is 6.56. The predicted molar refractivity (Wildman–Crippen MR) is 86.1 cm³/mol. The fraction of sp³-hybridized carbons (Fsp3) is 0.571. The molecule has 1 rings (SSSR count). The summed E-state index contributed by atoms with van der Waals surface area (Å²) < 4.78 is 37.5. The molecule has 1 N–H and O–H groups in total. The second kappa shape index (κ2) is 9.00. The van der Waals surface area contributed by atoms with E-state index in [1.807, 2.05) is 13.8 Å². The van der Waals surface area contributed by atoms with E-state index >= 15 is 0 Å². The smallest absolute Gasteiger partial charge is 0.232 e. The first-order chi connectivity index (χ1) is 10.0. The van der Waals surface area contributed by atoms with Crippen LogP contribution in [0.25, 0.3) is 0 Å². The van der Waals surface area contributed by atoms with E-state index in [0.717, 1.165) is 0 Å². The van der Waals surface area contributed by atoms with Crippen LogP contribution in [0.15, 0.2) is 18.2 Å². The van der Waals surface area contributed by atoms with Crippen molar-refractivity contribution in [3.63, 3.8) is 0 Å². The molecule has 1 aromatic carbocycles. The topological polar surface area (TPSA) is 64.6 Å². The first kappa shape index (κ1) is 17.9. The summed E-state index contributed by atoms with van der Waals surface area (Å²) in [5, 5.41) is 0. The summed E-state index contributed by atoms with van der Waals surface area (Å²) in [7, 11) is -3.42. The van der Waals surface area contributed by atoms with E-state index in [2.05, 4.69) is 4.72 Å². The molecule has 0 spiro atoms. The van der Waals surface area contributed by atoms with Gasteiger partial charge in [-0.3, -0.25) is 4.72 Å². The fourth-order valence-electron chi connectivity index (χ4n) is 1.73. The molecule has 0 aromatic heterocycles. The average Bonchev–Trinajstić information content (AvgIpc) is 2.42. The number of unbranched alkanes of at least 4 members (excludes halogenated alkanes) is 1. The maximum Gasteiger partial charge on any atom is 0.232 e. The van der Waals surface area contributed by atoms with Crippen molar-refractivity contribution < 1.29 is 17.9 Å². The first-order valence-electron chi connectivity index (χ1n) is 6.98. The number of hydrogen-bond acceptors (Lipinski definition) is 4. The molecule has 5 nitrogen and oxygen atoms in total. The summed E-state index contributed by atoms with van der Waals surface area (Å²) in [4.78, 5) is 0. The van der Waals surface area contributed by atoms with Crippen LogP contribution in [-0.2, 0) is 10.0 Å². The van der Waals surface area contributed by atoms with Crippen LogP contribution in [0.3, 0.4) is 0 Å². The van der Waals surface area contributed by atoms with Crippen LogP contribution in [-0.4, -0.2) is 33.3 Å². The van der Waals surface area contributed by atoms with Gasteiger partial charge in [0.25, 0.3) is 0 Å². The van der Waals surface area contributed by atoms with Gasteiger partial charge in [-0.15, -0.1) is 11.6 Å². The Hall–Kier alpha value is -1.14. The van der Waals surface area contributed by atoms with E-state index in [-0.39, 0.29) is 5.75 Å². The van der Waals surface area contributed by atoms with Gasteiger partial charge in [0.2, 0.25) is 10.0 Å². The van der Waals surface area contributed by atoms with Gasteiger partial charge in [0.1, 0.15) is 11.5 Å². The molecule has 0 aliphatic rings. The molecule has 0 saturated heterocycles. The summed E-state index contributed by atoms with van der Waals surface area (Å²) in [6.07, 6.45) is 1.19. The van der Waals surface area contributed by atoms with Crippen LogP contribution in [0.2, 0.25) is 0 Å². The second-order valence-electron chi connectivity index (χ2n) is 4.34. The molecule has 0 amide bonds. The van der Waals surface area contributed by atoms with Gasteiger partial charge in [0.05, 0.1) is 24.7 Å². The van der Waals surface area contributed by atoms with Crippen LogP contribution >= 0.6 is 11.6 Å². The number of sulfonamides is 1. The maximum atomic E-state index is 12.0. The molecule has 0 atom stereocenters. The molecule has 0 bridgehead atoms. The van der Waals surface area contributed by atoms with Crippen LogP contribution < -0.4 is 14.2 Å². The van der Waals surface area contributed by atoms with Crippen LogP contribution in [0.4, 0.5) is 5.69 Å². The van der Waals surface area contributed by atoms with E-state index in [9.17, 15) is 8.42 Å². The number of halogens is 1. The molecular formula is C14H22ClNO4S. The Kier molecular flexibility index (Phi) is 7.67. The van der Waals surface area contributed by atoms with Gasteiger partial charge in [-0.2, -0.15) is 0 Å². The monoisotopic (exact) mass is 335 g/mol. The lowest BCUT2D eigenvalue weighted by Gasteiger charge is -2.14. The number of ether oxygens (including phenoxy) is 2. The van der Waals surface area contributed by atoms with Crippen molar-refractivity contribution in [1.29, 1.82) is 0 Å². The lowest BCUT2D eigenvalue weighted by atomic mass is 10.3. The molecule has 0 fully saturated rings. The van der Waals surface area contributed by atoms with E-state index in [1.165, 1.54) is 0 Å². The highest BCUT2D eigenvalue weighted by Crippen LogP contribution is 2.30. The van der Waals surface area contributed by atoms with Crippen LogP contribution in [0.5, 0.6) is 11.5 Å². The highest BCUT2D eigenvalue weighted by Gasteiger charge is 2.14. The lowest BCUT2D eigenvalue weighted by Crippen LogP contribution is -2.17. The summed E-state index contributed by atoms with van der Waals surface area (Å²) >= 11 is 5.56. The fourth-order valence-corrected chi connectivity index (χ4v) is 3.10. The Morgan fingerprint density at radius 3 is 2.48 bits per heavy atom. The van der Waals surface area contributed by atoms with Crippen molar-refractivity contribution in [1.82, 2.24) is 0 Å². The van der Waals surface area contributed by atoms with E-state index < -0.39 is 10.0 Å². The number of hydrogen-bond donors (Lipinski definition) is 1. The Morgan fingerprint density at radius 2 is 1.86 bits per heavy atom. The van der Waals surface area contributed by atoms with Crippen molar-refractivity contribution in [2.75, 3.05) is 29.6 Å². The SMILES string of the molecule is CCOc1ccc(OCC)c(NS(=O)(=O)CCCCCl)c1. The van der Waals surface area contributed by atoms with Gasteiger partial charge >= 0.3 is 0 Å². The van der Waals surface area contributed by atoms with Crippen LogP contribution in [0, 0.1) is 0 Å². The quantitative estimate of drug-likeness (QED) is 0.526. The normalized spacial score (nSPS) is 11.2. The zero-order chi connectivity index (χ0) is 15.7. The summed E-state index contributed by atoms with van der Waals surface area (Å²) in [5.41, 5.74) is 0.397. The predicted octanol–water partition coefficient (Wildman–Crippen LogP) is 3.24. The zero-order valence-corrected chi connectivity index (χ0v) is 14.0. The summed E-state index contributed by atoms with van der Waals surface area (Å²) in [6.45, 7) is 4.67. The highest BCUT2D eigenvalue weighted by atomic mass is 35.5. The third kappa shape index (κ3) is 6.44. The van der Waals surface area contributed by atoms with Gasteiger partial charge in [0.15, 0.2) is 0 Å². The van der Waals surface area contributed by atoms with Gasteiger partial charge in [-0.05, 0) is 38.8 Å². The minimum Gasteiger partial charge on any atom is -0.494 e. The Labute approximate surface area is 131 Å². The van der Waals surface area contributed by atoms with E-state index in [0.29, 0.717) is 49.1 Å². The molecule has 120 valence electrons. The van der Waals surface area contributed by atoms with Gasteiger partial charge in [0, 0.05) is 11.9 Å².